The highest BCUT2D eigenvalue weighted by Crippen LogP contribution is 2.51. The molecular weight excluding hydrogens is 266 g/mol. The Hall–Kier alpha value is -0.540. The second-order valence-corrected chi connectivity index (χ2v) is 5.40. The van der Waals surface area contributed by atoms with Crippen molar-refractivity contribution >= 4 is 15.9 Å². The molecule has 0 spiro atoms. The second kappa shape index (κ2) is 4.38. The number of methoxy groups -OCH3 is 1. The number of nitrogens with two attached hydrogens (primary N) is 1. The predicted octanol–water partition coefficient (Wildman–Crippen LogP) is 3.01. The van der Waals surface area contributed by atoms with Gasteiger partial charge in [0.1, 0.15) is 5.75 Å². The first-order valence-electron chi connectivity index (χ1n) is 5.74. The molecule has 0 radical (unpaired) electrons. The SMILES string of the molecule is CCc1cc(Br)cc(C2(CN)CC2)c1OC. The first kappa shape index (κ1) is 11.9. The van der Waals surface area contributed by atoms with Gasteiger partial charge in [-0.25, -0.2) is 0 Å². The highest BCUT2D eigenvalue weighted by atomic mass is 79.9. The van der Waals surface area contributed by atoms with Gasteiger partial charge in [-0.2, -0.15) is 0 Å². The van der Waals surface area contributed by atoms with Crippen molar-refractivity contribution in [3.05, 3.63) is 27.7 Å². The number of ether oxygens (including phenoxy) is 1. The van der Waals surface area contributed by atoms with E-state index in [0.717, 1.165) is 16.6 Å². The molecule has 1 aromatic rings. The maximum atomic E-state index is 5.90. The summed E-state index contributed by atoms with van der Waals surface area (Å²) in [7, 11) is 1.75. The molecule has 0 heterocycles. The molecule has 1 aliphatic rings. The fourth-order valence-electron chi connectivity index (χ4n) is 2.28. The number of benzene rings is 1. The third kappa shape index (κ3) is 1.87. The van der Waals surface area contributed by atoms with Gasteiger partial charge in [0.15, 0.2) is 0 Å². The molecule has 0 atom stereocenters. The fourth-order valence-corrected chi connectivity index (χ4v) is 2.79. The Kier molecular flexibility index (Phi) is 3.27. The number of hydrogen-bond acceptors (Lipinski definition) is 2. The van der Waals surface area contributed by atoms with Crippen molar-refractivity contribution in [3.63, 3.8) is 0 Å². The Balaban J connectivity index is 2.54. The van der Waals surface area contributed by atoms with Crippen LogP contribution in [0.2, 0.25) is 0 Å². The Morgan fingerprint density at radius 2 is 2.12 bits per heavy atom. The number of aryl methyl sites for hydroxylation is 1. The molecule has 0 unspecified atom stereocenters. The summed E-state index contributed by atoms with van der Waals surface area (Å²) in [6.45, 7) is 2.86. The maximum Gasteiger partial charge on any atom is 0.125 e. The van der Waals surface area contributed by atoms with E-state index in [4.69, 9.17) is 10.5 Å². The molecule has 0 bridgehead atoms. The van der Waals surface area contributed by atoms with Gasteiger partial charge in [-0.05, 0) is 37.0 Å². The summed E-state index contributed by atoms with van der Waals surface area (Å²) in [5, 5.41) is 0. The Labute approximate surface area is 105 Å². The van der Waals surface area contributed by atoms with Crippen LogP contribution in [-0.2, 0) is 11.8 Å². The van der Waals surface area contributed by atoms with Gasteiger partial charge >= 0.3 is 0 Å². The van der Waals surface area contributed by atoms with Crippen molar-refractivity contribution < 1.29 is 4.74 Å². The van der Waals surface area contributed by atoms with Crippen LogP contribution in [-0.4, -0.2) is 13.7 Å². The van der Waals surface area contributed by atoms with Crippen LogP contribution in [0.1, 0.15) is 30.9 Å². The predicted molar refractivity (Wildman–Crippen MR) is 70.0 cm³/mol. The van der Waals surface area contributed by atoms with Crippen LogP contribution in [0.4, 0.5) is 0 Å². The van der Waals surface area contributed by atoms with Crippen LogP contribution >= 0.6 is 15.9 Å². The Bertz CT molecular complexity index is 399. The van der Waals surface area contributed by atoms with Crippen molar-refractivity contribution in [2.24, 2.45) is 5.73 Å². The van der Waals surface area contributed by atoms with Gasteiger partial charge in [0, 0.05) is 22.0 Å². The molecule has 0 aliphatic heterocycles. The second-order valence-electron chi connectivity index (χ2n) is 4.48. The van der Waals surface area contributed by atoms with Gasteiger partial charge in [0.25, 0.3) is 0 Å². The van der Waals surface area contributed by atoms with Gasteiger partial charge in [0.2, 0.25) is 0 Å². The van der Waals surface area contributed by atoms with E-state index in [1.165, 1.54) is 24.0 Å². The lowest BCUT2D eigenvalue weighted by Crippen LogP contribution is -2.21. The number of rotatable bonds is 4. The third-order valence-electron chi connectivity index (χ3n) is 3.53. The minimum atomic E-state index is 0.180. The lowest BCUT2D eigenvalue weighted by atomic mass is 9.92. The highest BCUT2D eigenvalue weighted by Gasteiger charge is 2.45. The van der Waals surface area contributed by atoms with Gasteiger partial charge in [-0.1, -0.05) is 22.9 Å². The molecule has 88 valence electrons. The summed E-state index contributed by atoms with van der Waals surface area (Å²) in [4.78, 5) is 0. The molecule has 16 heavy (non-hydrogen) atoms. The van der Waals surface area contributed by atoms with Crippen LogP contribution in [0.3, 0.4) is 0 Å². The van der Waals surface area contributed by atoms with Gasteiger partial charge < -0.3 is 10.5 Å². The zero-order chi connectivity index (χ0) is 11.8. The lowest BCUT2D eigenvalue weighted by molar-refractivity contribution is 0.399. The molecule has 0 amide bonds. The van der Waals surface area contributed by atoms with Crippen molar-refractivity contribution in [1.29, 1.82) is 0 Å². The maximum absolute atomic E-state index is 5.90. The van der Waals surface area contributed by atoms with Crippen LogP contribution in [0.5, 0.6) is 5.75 Å². The van der Waals surface area contributed by atoms with Crippen LogP contribution < -0.4 is 10.5 Å². The fraction of sp³-hybridized carbons (Fsp3) is 0.538. The van der Waals surface area contributed by atoms with E-state index in [0.29, 0.717) is 6.54 Å². The van der Waals surface area contributed by atoms with Crippen LogP contribution in [0.15, 0.2) is 16.6 Å². The minimum Gasteiger partial charge on any atom is -0.496 e. The van der Waals surface area contributed by atoms with E-state index in [2.05, 4.69) is 35.0 Å². The van der Waals surface area contributed by atoms with Crippen LogP contribution in [0, 0.1) is 0 Å². The molecule has 1 aromatic carbocycles. The average molecular weight is 284 g/mol. The molecule has 2 rings (SSSR count). The van der Waals surface area contributed by atoms with E-state index in [9.17, 15) is 0 Å². The molecule has 1 saturated carbocycles. The van der Waals surface area contributed by atoms with E-state index in [1.54, 1.807) is 7.11 Å². The lowest BCUT2D eigenvalue weighted by Gasteiger charge is -2.20. The molecule has 2 N–H and O–H groups in total. The Morgan fingerprint density at radius 1 is 1.44 bits per heavy atom. The molecule has 0 saturated heterocycles. The van der Waals surface area contributed by atoms with E-state index in [-0.39, 0.29) is 5.41 Å². The molecule has 3 heteroatoms. The average Bonchev–Trinajstić information content (AvgIpc) is 3.08. The van der Waals surface area contributed by atoms with E-state index in [1.807, 2.05) is 0 Å². The minimum absolute atomic E-state index is 0.180. The Morgan fingerprint density at radius 3 is 2.56 bits per heavy atom. The summed E-state index contributed by atoms with van der Waals surface area (Å²) in [5.74, 6) is 1.04. The summed E-state index contributed by atoms with van der Waals surface area (Å²) in [6.07, 6.45) is 3.34. The molecule has 1 aliphatic carbocycles. The van der Waals surface area contributed by atoms with Crippen molar-refractivity contribution in [1.82, 2.24) is 0 Å². The topological polar surface area (TPSA) is 35.2 Å². The first-order valence-corrected chi connectivity index (χ1v) is 6.53. The van der Waals surface area contributed by atoms with Gasteiger partial charge in [-0.3, -0.25) is 0 Å². The zero-order valence-electron chi connectivity index (χ0n) is 9.85. The zero-order valence-corrected chi connectivity index (χ0v) is 11.4. The smallest absolute Gasteiger partial charge is 0.125 e. The van der Waals surface area contributed by atoms with Crippen molar-refractivity contribution in [2.45, 2.75) is 31.6 Å². The quantitative estimate of drug-likeness (QED) is 0.922. The van der Waals surface area contributed by atoms with Crippen LogP contribution in [0.25, 0.3) is 0 Å². The summed E-state index contributed by atoms with van der Waals surface area (Å²) in [6, 6.07) is 4.30. The summed E-state index contributed by atoms with van der Waals surface area (Å²) in [5.41, 5.74) is 8.61. The molecule has 1 fully saturated rings. The summed E-state index contributed by atoms with van der Waals surface area (Å²) >= 11 is 3.57. The van der Waals surface area contributed by atoms with E-state index >= 15 is 0 Å². The largest absolute Gasteiger partial charge is 0.496 e. The highest BCUT2D eigenvalue weighted by molar-refractivity contribution is 9.10. The summed E-state index contributed by atoms with van der Waals surface area (Å²) < 4.78 is 6.70. The molecule has 2 nitrogen and oxygen atoms in total. The van der Waals surface area contributed by atoms with Crippen molar-refractivity contribution in [3.8, 4) is 5.75 Å². The standard InChI is InChI=1S/C13H18BrNO/c1-3-9-6-10(14)7-11(12(9)16-2)13(8-15)4-5-13/h6-7H,3-5,8,15H2,1-2H3. The monoisotopic (exact) mass is 283 g/mol. The van der Waals surface area contributed by atoms with Gasteiger partial charge in [-0.15, -0.1) is 0 Å². The molecular formula is C13H18BrNO. The molecule has 0 aromatic heterocycles. The van der Waals surface area contributed by atoms with Crippen molar-refractivity contribution in [2.75, 3.05) is 13.7 Å². The van der Waals surface area contributed by atoms with E-state index < -0.39 is 0 Å². The van der Waals surface area contributed by atoms with Gasteiger partial charge in [0.05, 0.1) is 7.11 Å². The number of hydrogen-bond donors (Lipinski definition) is 1. The number of halogens is 1. The first-order chi connectivity index (χ1) is 7.66. The third-order valence-corrected chi connectivity index (χ3v) is 3.99. The normalized spacial score (nSPS) is 17.2.